The molecule has 5 nitrogen and oxygen atoms in total. The number of nitrogens with one attached hydrogen (secondary N) is 1. The molecule has 1 rings (SSSR count). The van der Waals surface area contributed by atoms with E-state index in [9.17, 15) is 4.79 Å². The Morgan fingerprint density at radius 2 is 2.17 bits per heavy atom. The third-order valence-corrected chi connectivity index (χ3v) is 2.44. The third kappa shape index (κ3) is 4.63. The molecule has 0 atom stereocenters. The lowest BCUT2D eigenvalue weighted by molar-refractivity contribution is 0.100. The highest BCUT2D eigenvalue weighted by atomic mass is 16.5. The number of amides is 1. The molecule has 0 aliphatic heterocycles. The zero-order chi connectivity index (χ0) is 13.4. The number of nitrogens with two attached hydrogens (primary N) is 2. The minimum absolute atomic E-state index is 0.457. The van der Waals surface area contributed by atoms with E-state index in [0.29, 0.717) is 30.1 Å². The molecule has 0 saturated heterocycles. The van der Waals surface area contributed by atoms with Crippen LogP contribution in [0.1, 0.15) is 30.1 Å². The molecule has 18 heavy (non-hydrogen) atoms. The van der Waals surface area contributed by atoms with Crippen LogP contribution in [0.2, 0.25) is 0 Å². The van der Waals surface area contributed by atoms with Gasteiger partial charge in [-0.1, -0.05) is 6.92 Å². The fourth-order valence-corrected chi connectivity index (χ4v) is 1.57. The van der Waals surface area contributed by atoms with Crippen LogP contribution in [0.5, 0.6) is 0 Å². The van der Waals surface area contributed by atoms with Crippen molar-refractivity contribution in [3.63, 3.8) is 0 Å². The molecule has 5 N–H and O–H groups in total. The molecule has 0 fully saturated rings. The summed E-state index contributed by atoms with van der Waals surface area (Å²) in [5.74, 6) is -0.459. The van der Waals surface area contributed by atoms with Gasteiger partial charge in [-0.15, -0.1) is 0 Å². The van der Waals surface area contributed by atoms with Crippen molar-refractivity contribution in [2.24, 2.45) is 5.73 Å². The van der Waals surface area contributed by atoms with Gasteiger partial charge in [-0.25, -0.2) is 0 Å². The van der Waals surface area contributed by atoms with Crippen LogP contribution >= 0.6 is 0 Å². The first kappa shape index (κ1) is 14.3. The quantitative estimate of drug-likeness (QED) is 0.483. The van der Waals surface area contributed by atoms with Gasteiger partial charge in [0, 0.05) is 31.1 Å². The van der Waals surface area contributed by atoms with Crippen LogP contribution in [0, 0.1) is 0 Å². The summed E-state index contributed by atoms with van der Waals surface area (Å²) in [4.78, 5) is 11.2. The Bertz CT molecular complexity index is 394. The van der Waals surface area contributed by atoms with Gasteiger partial charge in [0.2, 0.25) is 0 Å². The Morgan fingerprint density at radius 3 is 2.83 bits per heavy atom. The highest BCUT2D eigenvalue weighted by Gasteiger charge is 2.07. The summed E-state index contributed by atoms with van der Waals surface area (Å²) in [7, 11) is 0. The Balaban J connectivity index is 2.45. The maximum Gasteiger partial charge on any atom is 0.250 e. The first-order chi connectivity index (χ1) is 8.65. The number of ether oxygens (including phenoxy) is 1. The molecule has 5 heteroatoms. The molecule has 0 spiro atoms. The largest absolute Gasteiger partial charge is 0.399 e. The maximum atomic E-state index is 11.2. The van der Waals surface area contributed by atoms with Crippen molar-refractivity contribution in [2.45, 2.75) is 19.8 Å². The van der Waals surface area contributed by atoms with Crippen LogP contribution in [-0.2, 0) is 4.74 Å². The number of hydrogen-bond acceptors (Lipinski definition) is 4. The summed E-state index contributed by atoms with van der Waals surface area (Å²) in [5, 5.41) is 3.15. The van der Waals surface area contributed by atoms with Crippen LogP contribution in [-0.4, -0.2) is 25.7 Å². The average molecular weight is 251 g/mol. The lowest BCUT2D eigenvalue weighted by Crippen LogP contribution is -2.15. The van der Waals surface area contributed by atoms with Crippen molar-refractivity contribution in [1.82, 2.24) is 0 Å². The van der Waals surface area contributed by atoms with E-state index in [1.807, 2.05) is 0 Å². The molecule has 1 aromatic rings. The van der Waals surface area contributed by atoms with Gasteiger partial charge in [-0.05, 0) is 31.0 Å². The van der Waals surface area contributed by atoms with E-state index in [4.69, 9.17) is 16.2 Å². The van der Waals surface area contributed by atoms with Gasteiger partial charge in [0.15, 0.2) is 0 Å². The zero-order valence-corrected chi connectivity index (χ0v) is 10.7. The molecule has 0 aliphatic carbocycles. The normalized spacial score (nSPS) is 10.3. The van der Waals surface area contributed by atoms with Crippen molar-refractivity contribution in [3.05, 3.63) is 23.8 Å². The molecule has 0 saturated carbocycles. The number of carbonyl (C=O) groups is 1. The Labute approximate surface area is 107 Å². The Hall–Kier alpha value is -1.75. The van der Waals surface area contributed by atoms with Crippen molar-refractivity contribution in [3.8, 4) is 0 Å². The molecule has 100 valence electrons. The van der Waals surface area contributed by atoms with Crippen molar-refractivity contribution >= 4 is 17.3 Å². The monoisotopic (exact) mass is 251 g/mol. The van der Waals surface area contributed by atoms with Gasteiger partial charge in [0.1, 0.15) is 0 Å². The zero-order valence-electron chi connectivity index (χ0n) is 10.7. The molecule has 0 unspecified atom stereocenters. The topological polar surface area (TPSA) is 90.4 Å². The van der Waals surface area contributed by atoms with Gasteiger partial charge in [-0.3, -0.25) is 4.79 Å². The van der Waals surface area contributed by atoms with E-state index in [-0.39, 0.29) is 0 Å². The van der Waals surface area contributed by atoms with E-state index in [2.05, 4.69) is 12.2 Å². The molecule has 0 aromatic heterocycles. The lowest BCUT2D eigenvalue weighted by atomic mass is 10.1. The maximum absolute atomic E-state index is 11.2. The number of hydrogen-bond donors (Lipinski definition) is 3. The number of benzene rings is 1. The Kier molecular flexibility index (Phi) is 6.00. The fourth-order valence-electron chi connectivity index (χ4n) is 1.57. The van der Waals surface area contributed by atoms with Crippen molar-refractivity contribution in [1.29, 1.82) is 0 Å². The summed E-state index contributed by atoms with van der Waals surface area (Å²) >= 11 is 0. The van der Waals surface area contributed by atoms with Gasteiger partial charge < -0.3 is 21.5 Å². The smallest absolute Gasteiger partial charge is 0.250 e. The fraction of sp³-hybridized carbons (Fsp3) is 0.462. The van der Waals surface area contributed by atoms with Crippen LogP contribution in [0.25, 0.3) is 0 Å². The van der Waals surface area contributed by atoms with E-state index in [1.54, 1.807) is 18.2 Å². The number of primary amides is 1. The second-order valence-corrected chi connectivity index (χ2v) is 4.06. The second-order valence-electron chi connectivity index (χ2n) is 4.06. The minimum atomic E-state index is -0.459. The summed E-state index contributed by atoms with van der Waals surface area (Å²) in [5.41, 5.74) is 12.7. The van der Waals surface area contributed by atoms with Crippen LogP contribution < -0.4 is 16.8 Å². The molecular formula is C13H21N3O2. The molecule has 1 aromatic carbocycles. The number of nitrogen functional groups attached to an aromatic ring is 1. The van der Waals surface area contributed by atoms with E-state index in [1.165, 1.54) is 0 Å². The van der Waals surface area contributed by atoms with Gasteiger partial charge in [0.05, 0.1) is 5.56 Å². The van der Waals surface area contributed by atoms with Gasteiger partial charge in [-0.2, -0.15) is 0 Å². The van der Waals surface area contributed by atoms with E-state index < -0.39 is 5.91 Å². The van der Waals surface area contributed by atoms with Crippen molar-refractivity contribution in [2.75, 3.05) is 30.8 Å². The van der Waals surface area contributed by atoms with Gasteiger partial charge in [0.25, 0.3) is 5.91 Å². The molecule has 0 aliphatic rings. The highest BCUT2D eigenvalue weighted by molar-refractivity contribution is 5.99. The Morgan fingerprint density at radius 1 is 1.39 bits per heavy atom. The summed E-state index contributed by atoms with van der Waals surface area (Å²) in [6.07, 6.45) is 1.89. The second kappa shape index (κ2) is 7.55. The standard InChI is InChI=1S/C13H21N3O2/c1-2-7-18-8-3-6-16-12-9-10(14)4-5-11(12)13(15)17/h4-5,9,16H,2-3,6-8,14H2,1H3,(H2,15,17). The third-order valence-electron chi connectivity index (χ3n) is 2.44. The number of rotatable bonds is 8. The van der Waals surface area contributed by atoms with Crippen LogP contribution in [0.15, 0.2) is 18.2 Å². The van der Waals surface area contributed by atoms with Crippen molar-refractivity contribution < 1.29 is 9.53 Å². The average Bonchev–Trinajstić information content (AvgIpc) is 2.33. The molecular weight excluding hydrogens is 230 g/mol. The predicted molar refractivity (Wildman–Crippen MR) is 73.6 cm³/mol. The first-order valence-corrected chi connectivity index (χ1v) is 6.16. The number of anilines is 2. The van der Waals surface area contributed by atoms with E-state index >= 15 is 0 Å². The van der Waals surface area contributed by atoms with E-state index in [0.717, 1.165) is 19.4 Å². The number of carbonyl (C=O) groups excluding carboxylic acids is 1. The SMILES string of the molecule is CCCOCCCNc1cc(N)ccc1C(N)=O. The summed E-state index contributed by atoms with van der Waals surface area (Å²) in [6, 6.07) is 5.01. The summed E-state index contributed by atoms with van der Waals surface area (Å²) < 4.78 is 5.37. The van der Waals surface area contributed by atoms with Crippen LogP contribution in [0.3, 0.4) is 0 Å². The predicted octanol–water partition coefficient (Wildman–Crippen LogP) is 1.60. The molecule has 0 bridgehead atoms. The molecule has 0 heterocycles. The first-order valence-electron chi connectivity index (χ1n) is 6.16. The highest BCUT2D eigenvalue weighted by Crippen LogP contribution is 2.18. The molecule has 1 amide bonds. The van der Waals surface area contributed by atoms with Crippen LogP contribution in [0.4, 0.5) is 11.4 Å². The minimum Gasteiger partial charge on any atom is -0.399 e. The van der Waals surface area contributed by atoms with Gasteiger partial charge >= 0.3 is 0 Å². The molecule has 0 radical (unpaired) electrons. The lowest BCUT2D eigenvalue weighted by Gasteiger charge is -2.11. The summed E-state index contributed by atoms with van der Waals surface area (Å²) in [6.45, 7) is 4.28.